The quantitative estimate of drug-likeness (QED) is 0.460. The number of nitrogens with two attached hydrogens (primary N) is 1. The highest BCUT2D eigenvalue weighted by Crippen LogP contribution is 2.26. The van der Waals surface area contributed by atoms with E-state index in [1.807, 2.05) is 11.9 Å². The van der Waals surface area contributed by atoms with Gasteiger partial charge in [-0.2, -0.15) is 0 Å². The van der Waals surface area contributed by atoms with Crippen molar-refractivity contribution in [2.45, 2.75) is 38.6 Å². The number of guanidine groups is 1. The van der Waals surface area contributed by atoms with E-state index in [0.717, 1.165) is 0 Å². The van der Waals surface area contributed by atoms with Crippen molar-refractivity contribution in [2.75, 3.05) is 7.05 Å². The van der Waals surface area contributed by atoms with Gasteiger partial charge in [0.1, 0.15) is 0 Å². The standard InChI is InChI=1S/C9H19N3/c1-7-5-3-4-6-8(7)12(2)9(10)11/h7-8H,3-6H2,1-2H3,(H3,10,11). The van der Waals surface area contributed by atoms with Crippen LogP contribution in [0.2, 0.25) is 0 Å². The van der Waals surface area contributed by atoms with E-state index in [1.165, 1.54) is 25.7 Å². The fraction of sp³-hybridized carbons (Fsp3) is 0.889. The second-order valence-electron chi connectivity index (χ2n) is 3.83. The van der Waals surface area contributed by atoms with E-state index in [4.69, 9.17) is 11.1 Å². The van der Waals surface area contributed by atoms with Crippen LogP contribution >= 0.6 is 0 Å². The maximum atomic E-state index is 7.33. The summed E-state index contributed by atoms with van der Waals surface area (Å²) in [7, 11) is 1.93. The van der Waals surface area contributed by atoms with Gasteiger partial charge in [0.05, 0.1) is 0 Å². The summed E-state index contributed by atoms with van der Waals surface area (Å²) >= 11 is 0. The fourth-order valence-electron chi connectivity index (χ4n) is 2.05. The molecule has 0 spiro atoms. The second-order valence-corrected chi connectivity index (χ2v) is 3.83. The molecule has 2 atom stereocenters. The second kappa shape index (κ2) is 3.78. The Morgan fingerprint density at radius 3 is 2.50 bits per heavy atom. The maximum absolute atomic E-state index is 7.33. The number of nitrogens with zero attached hydrogens (tertiary/aromatic N) is 1. The summed E-state index contributed by atoms with van der Waals surface area (Å²) in [5.74, 6) is 0.890. The predicted octanol–water partition coefficient (Wildman–Crippen LogP) is 1.39. The lowest BCUT2D eigenvalue weighted by atomic mass is 9.85. The molecule has 1 fully saturated rings. The average molecular weight is 169 g/mol. The molecule has 3 nitrogen and oxygen atoms in total. The highest BCUT2D eigenvalue weighted by Gasteiger charge is 2.25. The van der Waals surface area contributed by atoms with Crippen LogP contribution in [0, 0.1) is 11.3 Å². The van der Waals surface area contributed by atoms with Gasteiger partial charge in [0.15, 0.2) is 5.96 Å². The van der Waals surface area contributed by atoms with Gasteiger partial charge in [0, 0.05) is 13.1 Å². The number of hydrogen-bond acceptors (Lipinski definition) is 1. The van der Waals surface area contributed by atoms with Crippen molar-refractivity contribution >= 4 is 5.96 Å². The number of nitrogens with one attached hydrogen (secondary N) is 1. The van der Waals surface area contributed by atoms with E-state index in [2.05, 4.69) is 6.92 Å². The lowest BCUT2D eigenvalue weighted by Gasteiger charge is -2.36. The topological polar surface area (TPSA) is 53.1 Å². The van der Waals surface area contributed by atoms with Gasteiger partial charge < -0.3 is 10.6 Å². The Hall–Kier alpha value is -0.730. The SMILES string of the molecule is CC1CCCCC1N(C)C(=N)N. The van der Waals surface area contributed by atoms with Crippen LogP contribution in [0.1, 0.15) is 32.6 Å². The van der Waals surface area contributed by atoms with Crippen LogP contribution < -0.4 is 5.73 Å². The zero-order valence-corrected chi connectivity index (χ0v) is 8.01. The summed E-state index contributed by atoms with van der Waals surface area (Å²) in [5, 5.41) is 7.33. The number of rotatable bonds is 1. The molecule has 0 aromatic heterocycles. The van der Waals surface area contributed by atoms with Crippen LogP contribution in [0.15, 0.2) is 0 Å². The molecule has 0 amide bonds. The molecular formula is C9H19N3. The van der Waals surface area contributed by atoms with Crippen LogP contribution in [0.25, 0.3) is 0 Å². The molecule has 70 valence electrons. The van der Waals surface area contributed by atoms with E-state index in [9.17, 15) is 0 Å². The molecule has 3 heteroatoms. The molecule has 0 aromatic carbocycles. The highest BCUT2D eigenvalue weighted by molar-refractivity contribution is 5.74. The van der Waals surface area contributed by atoms with Crippen molar-refractivity contribution in [3.63, 3.8) is 0 Å². The van der Waals surface area contributed by atoms with Gasteiger partial charge in [-0.25, -0.2) is 0 Å². The Kier molecular flexibility index (Phi) is 2.95. The lowest BCUT2D eigenvalue weighted by Crippen LogP contribution is -2.45. The number of hydrogen-bond donors (Lipinski definition) is 2. The van der Waals surface area contributed by atoms with Gasteiger partial charge in [-0.05, 0) is 18.8 Å². The van der Waals surface area contributed by atoms with Crippen molar-refractivity contribution in [2.24, 2.45) is 11.7 Å². The van der Waals surface area contributed by atoms with Crippen LogP contribution in [0.3, 0.4) is 0 Å². The van der Waals surface area contributed by atoms with Crippen LogP contribution in [0.4, 0.5) is 0 Å². The molecule has 12 heavy (non-hydrogen) atoms. The Morgan fingerprint density at radius 2 is 2.00 bits per heavy atom. The first-order chi connectivity index (χ1) is 5.63. The summed E-state index contributed by atoms with van der Waals surface area (Å²) in [4.78, 5) is 1.91. The Bertz CT molecular complexity index is 167. The summed E-state index contributed by atoms with van der Waals surface area (Å²) in [6.07, 6.45) is 5.09. The minimum absolute atomic E-state index is 0.203. The minimum atomic E-state index is 0.203. The van der Waals surface area contributed by atoms with Gasteiger partial charge in [0.2, 0.25) is 0 Å². The van der Waals surface area contributed by atoms with E-state index in [0.29, 0.717) is 12.0 Å². The zero-order chi connectivity index (χ0) is 9.14. The third kappa shape index (κ3) is 1.90. The van der Waals surface area contributed by atoms with E-state index in [1.54, 1.807) is 0 Å². The van der Waals surface area contributed by atoms with Crippen LogP contribution in [0.5, 0.6) is 0 Å². The first-order valence-corrected chi connectivity index (χ1v) is 4.69. The smallest absolute Gasteiger partial charge is 0.188 e. The van der Waals surface area contributed by atoms with Crippen molar-refractivity contribution in [3.05, 3.63) is 0 Å². The molecule has 0 heterocycles. The molecule has 0 bridgehead atoms. The Labute approximate surface area is 74.4 Å². The van der Waals surface area contributed by atoms with Crippen molar-refractivity contribution in [1.29, 1.82) is 5.41 Å². The van der Waals surface area contributed by atoms with Gasteiger partial charge in [-0.3, -0.25) is 5.41 Å². The van der Waals surface area contributed by atoms with Crippen molar-refractivity contribution in [1.82, 2.24) is 4.90 Å². The van der Waals surface area contributed by atoms with Crippen molar-refractivity contribution in [3.8, 4) is 0 Å². The molecule has 1 saturated carbocycles. The summed E-state index contributed by atoms with van der Waals surface area (Å²) in [6, 6.07) is 0.497. The molecule has 1 aliphatic rings. The zero-order valence-electron chi connectivity index (χ0n) is 8.01. The van der Waals surface area contributed by atoms with E-state index in [-0.39, 0.29) is 5.96 Å². The maximum Gasteiger partial charge on any atom is 0.188 e. The Balaban J connectivity index is 2.53. The average Bonchev–Trinajstić information content (AvgIpc) is 2.04. The third-order valence-electron chi connectivity index (χ3n) is 2.94. The highest BCUT2D eigenvalue weighted by atomic mass is 15.2. The van der Waals surface area contributed by atoms with Crippen molar-refractivity contribution < 1.29 is 0 Å². The molecule has 1 rings (SSSR count). The van der Waals surface area contributed by atoms with Crippen LogP contribution in [-0.4, -0.2) is 23.9 Å². The monoisotopic (exact) mass is 169 g/mol. The summed E-state index contributed by atoms with van der Waals surface area (Å²) in [5.41, 5.74) is 5.44. The summed E-state index contributed by atoms with van der Waals surface area (Å²) < 4.78 is 0. The minimum Gasteiger partial charge on any atom is -0.370 e. The molecule has 1 aliphatic carbocycles. The first-order valence-electron chi connectivity index (χ1n) is 4.69. The lowest BCUT2D eigenvalue weighted by molar-refractivity contribution is 0.203. The predicted molar refractivity (Wildman–Crippen MR) is 51.1 cm³/mol. The first kappa shape index (κ1) is 9.36. The van der Waals surface area contributed by atoms with E-state index >= 15 is 0 Å². The summed E-state index contributed by atoms with van der Waals surface area (Å²) in [6.45, 7) is 2.25. The fourth-order valence-corrected chi connectivity index (χ4v) is 2.05. The van der Waals surface area contributed by atoms with Gasteiger partial charge in [-0.1, -0.05) is 19.8 Å². The molecule has 0 radical (unpaired) electrons. The molecule has 3 N–H and O–H groups in total. The van der Waals surface area contributed by atoms with E-state index < -0.39 is 0 Å². The van der Waals surface area contributed by atoms with Crippen LogP contribution in [-0.2, 0) is 0 Å². The Morgan fingerprint density at radius 1 is 1.42 bits per heavy atom. The normalized spacial score (nSPS) is 29.8. The molecule has 2 unspecified atom stereocenters. The van der Waals surface area contributed by atoms with Gasteiger partial charge >= 0.3 is 0 Å². The molecule has 0 saturated heterocycles. The molecule has 0 aliphatic heterocycles. The van der Waals surface area contributed by atoms with Gasteiger partial charge in [0.25, 0.3) is 0 Å². The molecular weight excluding hydrogens is 150 g/mol. The van der Waals surface area contributed by atoms with Gasteiger partial charge in [-0.15, -0.1) is 0 Å². The molecule has 0 aromatic rings. The third-order valence-corrected chi connectivity index (χ3v) is 2.94. The largest absolute Gasteiger partial charge is 0.370 e.